The molecule has 0 aromatic heterocycles. The van der Waals surface area contributed by atoms with Crippen LogP contribution >= 0.6 is 0 Å². The second kappa shape index (κ2) is 4.80. The van der Waals surface area contributed by atoms with E-state index in [-0.39, 0.29) is 0 Å². The first-order valence-corrected chi connectivity index (χ1v) is 4.88. The summed E-state index contributed by atoms with van der Waals surface area (Å²) in [6.45, 7) is 6.64. The normalized spacial score (nSPS) is 9.93. The maximum Gasteiger partial charge on any atom is 0.153 e. The van der Waals surface area contributed by atoms with Crippen LogP contribution in [0.3, 0.4) is 0 Å². The fourth-order valence-electron chi connectivity index (χ4n) is 1.48. The summed E-state index contributed by atoms with van der Waals surface area (Å²) in [4.78, 5) is 10.8. The van der Waals surface area contributed by atoms with Gasteiger partial charge in [-0.1, -0.05) is 13.0 Å². The van der Waals surface area contributed by atoms with E-state index in [0.29, 0.717) is 12.2 Å². The predicted octanol–water partition coefficient (Wildman–Crippen LogP) is 2.90. The fraction of sp³-hybridized carbons (Fsp3) is 0.417. The summed E-state index contributed by atoms with van der Waals surface area (Å²) in [5.74, 6) is 0.729. The molecule has 0 unspecified atom stereocenters. The first-order chi connectivity index (χ1) is 6.69. The molecule has 0 spiro atoms. The minimum Gasteiger partial charge on any atom is -0.493 e. The van der Waals surface area contributed by atoms with Crippen LogP contribution in [0.5, 0.6) is 5.75 Å². The average molecular weight is 192 g/mol. The van der Waals surface area contributed by atoms with Gasteiger partial charge in [-0.3, -0.25) is 4.79 Å². The number of rotatable bonds is 4. The molecule has 0 aliphatic heterocycles. The Morgan fingerprint density at radius 2 is 2.07 bits per heavy atom. The third-order valence-electron chi connectivity index (χ3n) is 2.03. The molecule has 0 saturated heterocycles. The van der Waals surface area contributed by atoms with Crippen molar-refractivity contribution in [1.29, 1.82) is 0 Å². The highest BCUT2D eigenvalue weighted by molar-refractivity contribution is 5.80. The van der Waals surface area contributed by atoms with E-state index in [1.54, 1.807) is 0 Å². The van der Waals surface area contributed by atoms with E-state index >= 15 is 0 Å². The van der Waals surface area contributed by atoms with Crippen LogP contribution < -0.4 is 4.74 Å². The molecule has 0 amide bonds. The van der Waals surface area contributed by atoms with Crippen molar-refractivity contribution in [2.24, 2.45) is 0 Å². The SMILES string of the molecule is CCCOc1c(C)cc(C)cc1C=O. The van der Waals surface area contributed by atoms with Gasteiger partial charge in [-0.2, -0.15) is 0 Å². The van der Waals surface area contributed by atoms with Crippen molar-refractivity contribution in [2.45, 2.75) is 27.2 Å². The van der Waals surface area contributed by atoms with Crippen molar-refractivity contribution in [2.75, 3.05) is 6.61 Å². The van der Waals surface area contributed by atoms with Crippen LogP contribution in [0.4, 0.5) is 0 Å². The molecule has 0 heterocycles. The van der Waals surface area contributed by atoms with Crippen LogP contribution in [-0.4, -0.2) is 12.9 Å². The molecular formula is C12H16O2. The molecule has 1 aromatic carbocycles. The third kappa shape index (κ3) is 2.34. The van der Waals surface area contributed by atoms with Crippen molar-refractivity contribution in [1.82, 2.24) is 0 Å². The largest absolute Gasteiger partial charge is 0.493 e. The second-order valence-electron chi connectivity index (χ2n) is 3.47. The minimum absolute atomic E-state index is 0.649. The van der Waals surface area contributed by atoms with E-state index in [9.17, 15) is 4.79 Å². The molecule has 0 fully saturated rings. The number of benzene rings is 1. The number of aryl methyl sites for hydroxylation is 2. The zero-order chi connectivity index (χ0) is 10.6. The predicted molar refractivity (Wildman–Crippen MR) is 57.1 cm³/mol. The van der Waals surface area contributed by atoms with Gasteiger partial charge in [0.2, 0.25) is 0 Å². The zero-order valence-electron chi connectivity index (χ0n) is 8.96. The lowest BCUT2D eigenvalue weighted by Gasteiger charge is -2.11. The van der Waals surface area contributed by atoms with E-state index < -0.39 is 0 Å². The molecule has 0 aliphatic rings. The molecule has 76 valence electrons. The molecule has 0 aliphatic carbocycles. The topological polar surface area (TPSA) is 26.3 Å². The van der Waals surface area contributed by atoms with Gasteiger partial charge in [0.15, 0.2) is 6.29 Å². The summed E-state index contributed by atoms with van der Waals surface area (Å²) in [6.07, 6.45) is 1.80. The molecule has 0 atom stereocenters. The van der Waals surface area contributed by atoms with E-state index in [1.807, 2.05) is 32.9 Å². The fourth-order valence-corrected chi connectivity index (χ4v) is 1.48. The van der Waals surface area contributed by atoms with E-state index in [1.165, 1.54) is 0 Å². The Bertz CT molecular complexity index is 329. The summed E-state index contributed by atoms with van der Waals surface area (Å²) in [5, 5.41) is 0. The molecule has 0 saturated carbocycles. The van der Waals surface area contributed by atoms with E-state index in [0.717, 1.165) is 29.6 Å². The standard InChI is InChI=1S/C12H16O2/c1-4-5-14-12-10(3)6-9(2)7-11(12)8-13/h6-8H,4-5H2,1-3H3. The Kier molecular flexibility index (Phi) is 3.69. The average Bonchev–Trinajstić information content (AvgIpc) is 2.15. The van der Waals surface area contributed by atoms with Crippen LogP contribution in [0.25, 0.3) is 0 Å². The monoisotopic (exact) mass is 192 g/mol. The van der Waals surface area contributed by atoms with Crippen molar-refractivity contribution in [3.8, 4) is 5.75 Å². The lowest BCUT2D eigenvalue weighted by molar-refractivity contribution is 0.111. The Morgan fingerprint density at radius 1 is 1.36 bits per heavy atom. The number of carbonyl (C=O) groups excluding carboxylic acids is 1. The molecule has 0 N–H and O–H groups in total. The summed E-state index contributed by atoms with van der Waals surface area (Å²) >= 11 is 0. The minimum atomic E-state index is 0.649. The lowest BCUT2D eigenvalue weighted by atomic mass is 10.1. The molecule has 1 aromatic rings. The molecule has 2 heteroatoms. The lowest BCUT2D eigenvalue weighted by Crippen LogP contribution is -2.01. The smallest absolute Gasteiger partial charge is 0.153 e. The quantitative estimate of drug-likeness (QED) is 0.686. The van der Waals surface area contributed by atoms with Crippen LogP contribution in [-0.2, 0) is 0 Å². The molecule has 14 heavy (non-hydrogen) atoms. The number of aldehydes is 1. The Balaban J connectivity index is 3.05. The highest BCUT2D eigenvalue weighted by Crippen LogP contribution is 2.23. The highest BCUT2D eigenvalue weighted by atomic mass is 16.5. The van der Waals surface area contributed by atoms with Crippen LogP contribution in [0, 0.1) is 13.8 Å². The number of hydrogen-bond donors (Lipinski definition) is 0. The molecule has 0 radical (unpaired) electrons. The summed E-state index contributed by atoms with van der Waals surface area (Å²) < 4.78 is 5.53. The van der Waals surface area contributed by atoms with Gasteiger partial charge < -0.3 is 4.74 Å². The van der Waals surface area contributed by atoms with Gasteiger partial charge in [0.1, 0.15) is 5.75 Å². The maximum absolute atomic E-state index is 10.8. The summed E-state index contributed by atoms with van der Waals surface area (Å²) in [6, 6.07) is 3.88. The van der Waals surface area contributed by atoms with Gasteiger partial charge in [0.05, 0.1) is 12.2 Å². The van der Waals surface area contributed by atoms with Crippen molar-refractivity contribution in [3.05, 3.63) is 28.8 Å². The van der Waals surface area contributed by atoms with Gasteiger partial charge in [-0.25, -0.2) is 0 Å². The van der Waals surface area contributed by atoms with Crippen LogP contribution in [0.2, 0.25) is 0 Å². The van der Waals surface area contributed by atoms with E-state index in [2.05, 4.69) is 0 Å². The highest BCUT2D eigenvalue weighted by Gasteiger charge is 2.06. The first-order valence-electron chi connectivity index (χ1n) is 4.88. The number of ether oxygens (including phenoxy) is 1. The molecule has 2 nitrogen and oxygen atoms in total. The first kappa shape index (κ1) is 10.8. The van der Waals surface area contributed by atoms with Gasteiger partial charge in [-0.15, -0.1) is 0 Å². The molecular weight excluding hydrogens is 176 g/mol. The number of hydrogen-bond acceptors (Lipinski definition) is 2. The van der Waals surface area contributed by atoms with Gasteiger partial charge in [0, 0.05) is 0 Å². The Labute approximate surface area is 84.9 Å². The van der Waals surface area contributed by atoms with Crippen molar-refractivity contribution >= 4 is 6.29 Å². The summed E-state index contributed by atoms with van der Waals surface area (Å²) in [5.41, 5.74) is 2.77. The van der Waals surface area contributed by atoms with Crippen molar-refractivity contribution in [3.63, 3.8) is 0 Å². The van der Waals surface area contributed by atoms with Crippen molar-refractivity contribution < 1.29 is 9.53 Å². The van der Waals surface area contributed by atoms with Gasteiger partial charge in [0.25, 0.3) is 0 Å². The van der Waals surface area contributed by atoms with Gasteiger partial charge in [-0.05, 0) is 37.5 Å². The molecule has 1 rings (SSSR count). The Hall–Kier alpha value is -1.31. The second-order valence-corrected chi connectivity index (χ2v) is 3.47. The van der Waals surface area contributed by atoms with Crippen LogP contribution in [0.15, 0.2) is 12.1 Å². The number of carbonyl (C=O) groups is 1. The third-order valence-corrected chi connectivity index (χ3v) is 2.03. The summed E-state index contributed by atoms with van der Waals surface area (Å²) in [7, 11) is 0. The van der Waals surface area contributed by atoms with Gasteiger partial charge >= 0.3 is 0 Å². The molecule has 0 bridgehead atoms. The maximum atomic E-state index is 10.8. The zero-order valence-corrected chi connectivity index (χ0v) is 8.96. The Morgan fingerprint density at radius 3 is 2.64 bits per heavy atom. The van der Waals surface area contributed by atoms with Crippen LogP contribution in [0.1, 0.15) is 34.8 Å². The van der Waals surface area contributed by atoms with E-state index in [4.69, 9.17) is 4.74 Å².